The number of halogens is 1. The molecule has 22 heavy (non-hydrogen) atoms. The molecule has 1 aromatic rings. The minimum Gasteiger partial charge on any atom is -0.497 e. The largest absolute Gasteiger partial charge is 0.498 e. The number of rotatable bonds is 3. The van der Waals surface area contributed by atoms with Crippen molar-refractivity contribution in [1.29, 1.82) is 0 Å². The molecule has 1 aromatic carbocycles. The minimum atomic E-state index is -0.741. The molecule has 0 amide bonds. The first-order valence-corrected chi connectivity index (χ1v) is 6.99. The van der Waals surface area contributed by atoms with Crippen LogP contribution in [0.1, 0.15) is 34.6 Å². The Kier molecular flexibility index (Phi) is 4.23. The molecule has 0 atom stereocenters. The Bertz CT molecular complexity index is 584. The van der Waals surface area contributed by atoms with Crippen LogP contribution in [0.15, 0.2) is 12.1 Å². The lowest BCUT2D eigenvalue weighted by Gasteiger charge is -2.32. The van der Waals surface area contributed by atoms with Crippen LogP contribution in [-0.4, -0.2) is 31.4 Å². The summed E-state index contributed by atoms with van der Waals surface area (Å²) in [6.07, 6.45) is 0. The van der Waals surface area contributed by atoms with E-state index in [9.17, 15) is 9.18 Å². The Labute approximate surface area is 129 Å². The van der Waals surface area contributed by atoms with E-state index in [0.29, 0.717) is 5.46 Å². The number of methoxy groups -OCH3 is 1. The van der Waals surface area contributed by atoms with E-state index in [1.54, 1.807) is 0 Å². The van der Waals surface area contributed by atoms with Crippen molar-refractivity contribution in [2.24, 2.45) is 0 Å². The zero-order valence-electron chi connectivity index (χ0n) is 13.7. The number of carbonyl (C=O) groups is 1. The summed E-state index contributed by atoms with van der Waals surface area (Å²) in [4.78, 5) is 11.1. The quantitative estimate of drug-likeness (QED) is 0.486. The first kappa shape index (κ1) is 16.8. The summed E-state index contributed by atoms with van der Waals surface area (Å²) in [6, 6.07) is 2.52. The van der Waals surface area contributed by atoms with Gasteiger partial charge in [0.15, 0.2) is 11.6 Å². The van der Waals surface area contributed by atoms with Crippen LogP contribution in [0.25, 0.3) is 0 Å². The van der Waals surface area contributed by atoms with Gasteiger partial charge in [-0.2, -0.15) is 0 Å². The van der Waals surface area contributed by atoms with Crippen LogP contribution in [0, 0.1) is 5.82 Å². The zero-order chi connectivity index (χ0) is 16.7. The highest BCUT2D eigenvalue weighted by atomic mass is 19.1. The topological polar surface area (TPSA) is 54.0 Å². The molecule has 1 heterocycles. The van der Waals surface area contributed by atoms with Crippen LogP contribution in [0.5, 0.6) is 11.5 Å². The average Bonchev–Trinajstić information content (AvgIpc) is 2.59. The summed E-state index contributed by atoms with van der Waals surface area (Å²) < 4.78 is 35.8. The highest BCUT2D eigenvalue weighted by Gasteiger charge is 2.52. The van der Waals surface area contributed by atoms with Crippen LogP contribution in [-0.2, 0) is 14.1 Å². The van der Waals surface area contributed by atoms with E-state index in [1.165, 1.54) is 20.1 Å². The van der Waals surface area contributed by atoms with Crippen molar-refractivity contribution in [2.45, 2.75) is 45.8 Å². The standard InChI is InChI=1S/C15H20BFO5/c1-9(18)20-13-7-10(12(19-6)8-11(13)17)16-21-14(2,3)15(4,5)22-16/h7-8H,1-6H3. The van der Waals surface area contributed by atoms with Gasteiger partial charge in [-0.25, -0.2) is 4.39 Å². The maximum Gasteiger partial charge on any atom is 0.498 e. The third kappa shape index (κ3) is 2.96. The average molecular weight is 310 g/mol. The molecule has 0 saturated carbocycles. The number of benzene rings is 1. The van der Waals surface area contributed by atoms with Gasteiger partial charge in [-0.05, 0) is 33.8 Å². The van der Waals surface area contributed by atoms with E-state index < -0.39 is 30.1 Å². The first-order valence-electron chi connectivity index (χ1n) is 6.99. The number of ether oxygens (including phenoxy) is 2. The van der Waals surface area contributed by atoms with Crippen LogP contribution >= 0.6 is 0 Å². The fourth-order valence-electron chi connectivity index (χ4n) is 2.11. The molecule has 1 saturated heterocycles. The molecule has 0 aromatic heterocycles. The van der Waals surface area contributed by atoms with E-state index in [0.717, 1.165) is 6.07 Å². The van der Waals surface area contributed by atoms with E-state index in [4.69, 9.17) is 18.8 Å². The smallest absolute Gasteiger partial charge is 0.497 e. The third-order valence-corrected chi connectivity index (χ3v) is 4.05. The normalized spacial score (nSPS) is 19.1. The van der Waals surface area contributed by atoms with Crippen LogP contribution in [0.3, 0.4) is 0 Å². The van der Waals surface area contributed by atoms with Gasteiger partial charge in [0.1, 0.15) is 5.75 Å². The van der Waals surface area contributed by atoms with Crippen molar-refractivity contribution in [3.05, 3.63) is 17.9 Å². The molecular formula is C15H20BFO5. The molecule has 2 rings (SSSR count). The molecule has 5 nitrogen and oxygen atoms in total. The van der Waals surface area contributed by atoms with E-state index >= 15 is 0 Å². The number of hydrogen-bond donors (Lipinski definition) is 0. The summed E-state index contributed by atoms with van der Waals surface area (Å²) in [6.45, 7) is 8.86. The lowest BCUT2D eigenvalue weighted by Crippen LogP contribution is -2.41. The highest BCUT2D eigenvalue weighted by molar-refractivity contribution is 6.63. The zero-order valence-corrected chi connectivity index (χ0v) is 13.7. The van der Waals surface area contributed by atoms with Crippen molar-refractivity contribution in [3.63, 3.8) is 0 Å². The van der Waals surface area contributed by atoms with Gasteiger partial charge in [0.2, 0.25) is 0 Å². The Morgan fingerprint density at radius 3 is 2.14 bits per heavy atom. The molecule has 120 valence electrons. The number of carbonyl (C=O) groups excluding carboxylic acids is 1. The lowest BCUT2D eigenvalue weighted by molar-refractivity contribution is -0.132. The van der Waals surface area contributed by atoms with Crippen LogP contribution < -0.4 is 14.9 Å². The minimum absolute atomic E-state index is 0.182. The Balaban J connectivity index is 2.44. The molecule has 0 N–H and O–H groups in total. The Morgan fingerprint density at radius 2 is 1.68 bits per heavy atom. The van der Waals surface area contributed by atoms with Crippen molar-refractivity contribution >= 4 is 18.6 Å². The molecule has 0 bridgehead atoms. The van der Waals surface area contributed by atoms with Gasteiger partial charge in [0.25, 0.3) is 0 Å². The SMILES string of the molecule is COc1cc(F)c(OC(C)=O)cc1B1OC(C)(C)C(C)(C)O1. The second-order valence-electron chi connectivity index (χ2n) is 6.21. The van der Waals surface area contributed by atoms with Gasteiger partial charge in [-0.15, -0.1) is 0 Å². The summed E-state index contributed by atoms with van der Waals surface area (Å²) in [5.74, 6) is -1.21. The molecule has 0 radical (unpaired) electrons. The fourth-order valence-corrected chi connectivity index (χ4v) is 2.11. The van der Waals surface area contributed by atoms with Crippen LogP contribution in [0.4, 0.5) is 4.39 Å². The van der Waals surface area contributed by atoms with Gasteiger partial charge in [0.05, 0.1) is 18.3 Å². The van der Waals surface area contributed by atoms with Gasteiger partial charge in [0, 0.05) is 18.5 Å². The van der Waals surface area contributed by atoms with Crippen molar-refractivity contribution in [1.82, 2.24) is 0 Å². The van der Waals surface area contributed by atoms with E-state index in [2.05, 4.69) is 0 Å². The summed E-state index contributed by atoms with van der Waals surface area (Å²) in [5, 5.41) is 0. The first-order chi connectivity index (χ1) is 10.1. The molecule has 7 heteroatoms. The fraction of sp³-hybridized carbons (Fsp3) is 0.533. The molecule has 0 aliphatic carbocycles. The van der Waals surface area contributed by atoms with Gasteiger partial charge >= 0.3 is 13.1 Å². The van der Waals surface area contributed by atoms with Crippen molar-refractivity contribution < 1.29 is 28.0 Å². The molecule has 0 unspecified atom stereocenters. The predicted octanol–water partition coefficient (Wildman–Crippen LogP) is 2.06. The lowest BCUT2D eigenvalue weighted by atomic mass is 9.78. The maximum atomic E-state index is 13.9. The second kappa shape index (κ2) is 5.55. The summed E-state index contributed by atoms with van der Waals surface area (Å²) in [5.41, 5.74) is -0.615. The molecular weight excluding hydrogens is 290 g/mol. The van der Waals surface area contributed by atoms with Crippen molar-refractivity contribution in [2.75, 3.05) is 7.11 Å². The van der Waals surface area contributed by atoms with Crippen LogP contribution in [0.2, 0.25) is 0 Å². The molecule has 1 fully saturated rings. The van der Waals surface area contributed by atoms with E-state index in [1.807, 2.05) is 27.7 Å². The second-order valence-corrected chi connectivity index (χ2v) is 6.21. The van der Waals surface area contributed by atoms with Gasteiger partial charge in [-0.1, -0.05) is 0 Å². The maximum absolute atomic E-state index is 13.9. The third-order valence-electron chi connectivity index (χ3n) is 4.05. The molecule has 1 aliphatic rings. The number of hydrogen-bond acceptors (Lipinski definition) is 5. The Hall–Kier alpha value is -1.60. The monoisotopic (exact) mass is 310 g/mol. The molecule has 0 spiro atoms. The van der Waals surface area contributed by atoms with E-state index in [-0.39, 0.29) is 11.5 Å². The Morgan fingerprint density at radius 1 is 1.14 bits per heavy atom. The van der Waals surface area contributed by atoms with Gasteiger partial charge in [-0.3, -0.25) is 4.79 Å². The summed E-state index contributed by atoms with van der Waals surface area (Å²) >= 11 is 0. The van der Waals surface area contributed by atoms with Gasteiger partial charge < -0.3 is 18.8 Å². The molecule has 1 aliphatic heterocycles. The summed E-state index contributed by atoms with van der Waals surface area (Å²) in [7, 11) is 0.685. The highest BCUT2D eigenvalue weighted by Crippen LogP contribution is 2.37. The van der Waals surface area contributed by atoms with Crippen molar-refractivity contribution in [3.8, 4) is 11.5 Å². The predicted molar refractivity (Wildman–Crippen MR) is 80.0 cm³/mol. The number of esters is 1.